The summed E-state index contributed by atoms with van der Waals surface area (Å²) < 4.78 is 52.1. The fourth-order valence-electron chi connectivity index (χ4n) is 1.90. The average molecular weight is 319 g/mol. The Morgan fingerprint density at radius 3 is 2.57 bits per heavy atom. The molecule has 0 bridgehead atoms. The van der Waals surface area contributed by atoms with Crippen LogP contribution in [0.15, 0.2) is 18.2 Å². The molecule has 0 fully saturated rings. The lowest BCUT2D eigenvalue weighted by Gasteiger charge is -2.09. The smallest absolute Gasteiger partial charge is 0.311 e. The van der Waals surface area contributed by atoms with Crippen LogP contribution >= 0.6 is 11.3 Å². The van der Waals surface area contributed by atoms with E-state index in [0.29, 0.717) is 11.1 Å². The molecule has 0 saturated heterocycles. The van der Waals surface area contributed by atoms with Gasteiger partial charge in [0.15, 0.2) is 5.01 Å². The van der Waals surface area contributed by atoms with Gasteiger partial charge in [0.2, 0.25) is 0 Å². The van der Waals surface area contributed by atoms with Crippen molar-refractivity contribution in [2.24, 2.45) is 0 Å². The summed E-state index contributed by atoms with van der Waals surface area (Å²) in [4.78, 5) is 0. The highest BCUT2D eigenvalue weighted by Gasteiger charge is 2.35. The van der Waals surface area contributed by atoms with Crippen molar-refractivity contribution in [2.75, 3.05) is 7.05 Å². The van der Waals surface area contributed by atoms with Crippen LogP contribution in [0.2, 0.25) is 0 Å². The minimum absolute atomic E-state index is 0.0508. The number of hydrogen-bond donors (Lipinski definition) is 1. The van der Waals surface area contributed by atoms with Crippen LogP contribution in [-0.2, 0) is 6.18 Å². The monoisotopic (exact) mass is 319 g/mol. The summed E-state index contributed by atoms with van der Waals surface area (Å²) in [5.74, 6) is -1.31. The molecule has 1 aromatic heterocycles. The fraction of sp³-hybridized carbons (Fsp3) is 0.385. The number of nitrogens with one attached hydrogen (secondary N) is 1. The summed E-state index contributed by atoms with van der Waals surface area (Å²) in [6.45, 7) is 1.94. The Morgan fingerprint density at radius 1 is 1.29 bits per heavy atom. The predicted octanol–water partition coefficient (Wildman–Crippen LogP) is 4.03. The third kappa shape index (κ3) is 3.21. The van der Waals surface area contributed by atoms with E-state index in [9.17, 15) is 17.6 Å². The number of rotatable bonds is 4. The van der Waals surface area contributed by atoms with Gasteiger partial charge in [-0.3, -0.25) is 0 Å². The lowest BCUT2D eigenvalue weighted by molar-refractivity contribution is -0.139. The fourth-order valence-corrected chi connectivity index (χ4v) is 2.96. The van der Waals surface area contributed by atoms with E-state index in [-0.39, 0.29) is 16.6 Å². The second kappa shape index (κ2) is 6.07. The largest absolute Gasteiger partial charge is 0.419 e. The van der Waals surface area contributed by atoms with Crippen LogP contribution in [0.4, 0.5) is 17.6 Å². The van der Waals surface area contributed by atoms with Crippen molar-refractivity contribution in [3.8, 4) is 10.6 Å². The van der Waals surface area contributed by atoms with E-state index in [2.05, 4.69) is 15.5 Å². The lowest BCUT2D eigenvalue weighted by atomic mass is 10.1. The Hall–Kier alpha value is -1.54. The van der Waals surface area contributed by atoms with Crippen molar-refractivity contribution in [3.63, 3.8) is 0 Å². The van der Waals surface area contributed by atoms with E-state index >= 15 is 0 Å². The first-order valence-electron chi connectivity index (χ1n) is 6.25. The van der Waals surface area contributed by atoms with Gasteiger partial charge in [-0.15, -0.1) is 10.2 Å². The zero-order valence-corrected chi connectivity index (χ0v) is 12.1. The first kappa shape index (κ1) is 15.8. The molecule has 8 heteroatoms. The standard InChI is InChI=1S/C13H13F4N3S/c1-3-9(18-2)12-20-19-11(21-12)7-5-4-6-8(10(7)14)13(15,16)17/h4-6,9,18H,3H2,1-2H3. The highest BCUT2D eigenvalue weighted by atomic mass is 32.1. The SMILES string of the molecule is CCC(NC)c1nnc(-c2cccc(C(F)(F)F)c2F)s1. The molecule has 3 nitrogen and oxygen atoms in total. The predicted molar refractivity (Wildman–Crippen MR) is 72.4 cm³/mol. The Bertz CT molecular complexity index is 620. The third-order valence-corrected chi connectivity index (χ3v) is 4.10. The molecule has 1 N–H and O–H groups in total. The normalized spacial score (nSPS) is 13.4. The van der Waals surface area contributed by atoms with Crippen molar-refractivity contribution in [1.82, 2.24) is 15.5 Å². The van der Waals surface area contributed by atoms with Crippen molar-refractivity contribution < 1.29 is 17.6 Å². The second-order valence-corrected chi connectivity index (χ2v) is 5.37. The molecule has 1 aromatic carbocycles. The molecule has 0 aliphatic carbocycles. The van der Waals surface area contributed by atoms with Gasteiger partial charge in [-0.05, 0) is 25.6 Å². The highest BCUT2D eigenvalue weighted by Crippen LogP contribution is 2.36. The average Bonchev–Trinajstić information content (AvgIpc) is 2.88. The Kier molecular flexibility index (Phi) is 4.58. The maximum absolute atomic E-state index is 14.0. The van der Waals surface area contributed by atoms with Crippen LogP contribution in [0, 0.1) is 5.82 Å². The van der Waals surface area contributed by atoms with Crippen molar-refractivity contribution in [3.05, 3.63) is 34.6 Å². The maximum Gasteiger partial charge on any atom is 0.419 e. The Morgan fingerprint density at radius 2 is 2.00 bits per heavy atom. The molecule has 1 atom stereocenters. The van der Waals surface area contributed by atoms with E-state index in [0.717, 1.165) is 23.8 Å². The lowest BCUT2D eigenvalue weighted by Crippen LogP contribution is -2.14. The van der Waals surface area contributed by atoms with Crippen LogP contribution in [-0.4, -0.2) is 17.2 Å². The molecular formula is C13H13F4N3S. The molecule has 114 valence electrons. The molecule has 2 rings (SSSR count). The van der Waals surface area contributed by atoms with Gasteiger partial charge in [0.1, 0.15) is 10.8 Å². The number of nitrogens with zero attached hydrogens (tertiary/aromatic N) is 2. The highest BCUT2D eigenvalue weighted by molar-refractivity contribution is 7.14. The van der Waals surface area contributed by atoms with E-state index in [1.807, 2.05) is 6.92 Å². The molecule has 0 aliphatic rings. The minimum Gasteiger partial charge on any atom is -0.311 e. The van der Waals surface area contributed by atoms with E-state index < -0.39 is 17.6 Å². The Labute approximate surface area is 123 Å². The van der Waals surface area contributed by atoms with Gasteiger partial charge in [-0.1, -0.05) is 24.3 Å². The molecule has 2 aromatic rings. The summed E-state index contributed by atoms with van der Waals surface area (Å²) in [6, 6.07) is 3.10. The van der Waals surface area contributed by atoms with Crippen LogP contribution < -0.4 is 5.32 Å². The first-order chi connectivity index (χ1) is 9.88. The zero-order valence-electron chi connectivity index (χ0n) is 11.3. The van der Waals surface area contributed by atoms with Crippen LogP contribution in [0.1, 0.15) is 30.0 Å². The van der Waals surface area contributed by atoms with Crippen LogP contribution in [0.3, 0.4) is 0 Å². The molecule has 0 aliphatic heterocycles. The maximum atomic E-state index is 14.0. The molecule has 1 heterocycles. The van der Waals surface area contributed by atoms with Crippen molar-refractivity contribution >= 4 is 11.3 Å². The van der Waals surface area contributed by atoms with Crippen LogP contribution in [0.5, 0.6) is 0 Å². The first-order valence-corrected chi connectivity index (χ1v) is 7.06. The molecule has 0 saturated carbocycles. The summed E-state index contributed by atoms with van der Waals surface area (Å²) in [7, 11) is 1.75. The number of hydrogen-bond acceptors (Lipinski definition) is 4. The van der Waals surface area contributed by atoms with Gasteiger partial charge >= 0.3 is 6.18 Å². The topological polar surface area (TPSA) is 37.8 Å². The number of halogens is 4. The Balaban J connectivity index is 2.44. The quantitative estimate of drug-likeness (QED) is 0.865. The molecule has 1 unspecified atom stereocenters. The minimum atomic E-state index is -4.73. The summed E-state index contributed by atoms with van der Waals surface area (Å²) >= 11 is 1.08. The zero-order chi connectivity index (χ0) is 15.6. The van der Waals surface area contributed by atoms with Gasteiger partial charge < -0.3 is 5.32 Å². The van der Waals surface area contributed by atoms with Gasteiger partial charge in [-0.25, -0.2) is 4.39 Å². The molecule has 0 amide bonds. The second-order valence-electron chi connectivity index (χ2n) is 4.36. The summed E-state index contributed by atoms with van der Waals surface area (Å²) in [5, 5.41) is 11.5. The van der Waals surface area contributed by atoms with Gasteiger partial charge in [-0.2, -0.15) is 13.2 Å². The number of benzene rings is 1. The van der Waals surface area contributed by atoms with E-state index in [4.69, 9.17) is 0 Å². The van der Waals surface area contributed by atoms with Crippen molar-refractivity contribution in [2.45, 2.75) is 25.6 Å². The summed E-state index contributed by atoms with van der Waals surface area (Å²) in [5.41, 5.74) is -1.48. The number of alkyl halides is 3. The molecular weight excluding hydrogens is 306 g/mol. The van der Waals surface area contributed by atoms with Gasteiger partial charge in [0.05, 0.1) is 11.6 Å². The van der Waals surface area contributed by atoms with Crippen molar-refractivity contribution in [1.29, 1.82) is 0 Å². The third-order valence-electron chi connectivity index (χ3n) is 3.03. The number of aromatic nitrogens is 2. The molecule has 0 radical (unpaired) electrons. The molecule has 21 heavy (non-hydrogen) atoms. The van der Waals surface area contributed by atoms with E-state index in [1.165, 1.54) is 6.07 Å². The van der Waals surface area contributed by atoms with Gasteiger partial charge in [0, 0.05) is 5.56 Å². The van der Waals surface area contributed by atoms with Gasteiger partial charge in [0.25, 0.3) is 0 Å². The summed E-state index contributed by atoms with van der Waals surface area (Å²) in [6.07, 6.45) is -3.99. The van der Waals surface area contributed by atoms with E-state index in [1.54, 1.807) is 7.05 Å². The molecule has 0 spiro atoms. The van der Waals surface area contributed by atoms with Crippen LogP contribution in [0.25, 0.3) is 10.6 Å².